The highest BCUT2D eigenvalue weighted by Crippen LogP contribution is 2.55. The van der Waals surface area contributed by atoms with Crippen molar-refractivity contribution in [2.45, 2.75) is 69.4 Å². The summed E-state index contributed by atoms with van der Waals surface area (Å²) < 4.78 is 11.8. The maximum Gasteiger partial charge on any atom is 0.308 e. The monoisotopic (exact) mass is 518 g/mol. The molecule has 3 fully saturated rings. The highest BCUT2D eigenvalue weighted by atomic mass is 16.6. The first-order valence-electron chi connectivity index (χ1n) is 13.7. The van der Waals surface area contributed by atoms with Gasteiger partial charge in [0, 0.05) is 51.0 Å². The molecule has 0 bridgehead atoms. The van der Waals surface area contributed by atoms with Crippen molar-refractivity contribution in [2.75, 3.05) is 26.7 Å². The van der Waals surface area contributed by atoms with E-state index in [4.69, 9.17) is 9.47 Å². The molecule has 3 atom stereocenters. The number of likely N-dealkylation sites (tertiary alicyclic amines) is 1. The van der Waals surface area contributed by atoms with E-state index in [1.54, 1.807) is 6.07 Å². The fraction of sp³-hybridized carbons (Fsp3) is 0.516. The maximum atomic E-state index is 13.4. The van der Waals surface area contributed by atoms with E-state index in [1.807, 2.05) is 54.4 Å². The van der Waals surface area contributed by atoms with Crippen LogP contribution in [0.1, 0.15) is 68.3 Å². The standard InChI is InChI=1S/C31H38N2O5/c1-22(34)37-28-11-7-10-26(18-28)30-16-17-33(20-24-12-13-24)21-31(30,38-23(2)35)15-14-27(19-30)32(3)29(36)25-8-5-4-6-9-25/h4-11,18,24,27H,12-17,19-21H2,1-3H3/t27-,30+,31+/m1/s1. The van der Waals surface area contributed by atoms with Gasteiger partial charge in [-0.25, -0.2) is 0 Å². The minimum absolute atomic E-state index is 0.00873. The van der Waals surface area contributed by atoms with Crippen LogP contribution < -0.4 is 4.74 Å². The topological polar surface area (TPSA) is 76.2 Å². The van der Waals surface area contributed by atoms with Gasteiger partial charge in [0.05, 0.1) is 0 Å². The Kier molecular flexibility index (Phi) is 7.32. The highest BCUT2D eigenvalue weighted by Gasteiger charge is 2.61. The van der Waals surface area contributed by atoms with Gasteiger partial charge in [-0.3, -0.25) is 19.3 Å². The van der Waals surface area contributed by atoms with Gasteiger partial charge in [0.1, 0.15) is 11.4 Å². The van der Waals surface area contributed by atoms with Crippen molar-refractivity contribution in [3.8, 4) is 5.75 Å². The Bertz CT molecular complexity index is 1200. The van der Waals surface area contributed by atoms with Gasteiger partial charge >= 0.3 is 11.9 Å². The third-order valence-corrected chi connectivity index (χ3v) is 8.76. The molecule has 2 saturated carbocycles. The van der Waals surface area contributed by atoms with Gasteiger partial charge in [0.15, 0.2) is 0 Å². The zero-order chi connectivity index (χ0) is 26.9. The molecule has 7 nitrogen and oxygen atoms in total. The number of benzene rings is 2. The molecule has 0 radical (unpaired) electrons. The molecular weight excluding hydrogens is 480 g/mol. The van der Waals surface area contributed by atoms with E-state index in [0.717, 1.165) is 37.4 Å². The van der Waals surface area contributed by atoms with E-state index in [0.29, 0.717) is 30.7 Å². The van der Waals surface area contributed by atoms with Crippen molar-refractivity contribution in [3.63, 3.8) is 0 Å². The van der Waals surface area contributed by atoms with Crippen molar-refractivity contribution in [1.82, 2.24) is 9.80 Å². The fourth-order valence-electron chi connectivity index (χ4n) is 6.79. The van der Waals surface area contributed by atoms with Crippen molar-refractivity contribution >= 4 is 17.8 Å². The van der Waals surface area contributed by atoms with Gasteiger partial charge in [0.25, 0.3) is 5.91 Å². The molecule has 7 heteroatoms. The van der Waals surface area contributed by atoms with Crippen molar-refractivity contribution in [3.05, 3.63) is 65.7 Å². The average molecular weight is 519 g/mol. The zero-order valence-corrected chi connectivity index (χ0v) is 22.7. The summed E-state index contributed by atoms with van der Waals surface area (Å²) in [5, 5.41) is 0. The first-order valence-corrected chi connectivity index (χ1v) is 13.7. The summed E-state index contributed by atoms with van der Waals surface area (Å²) in [4.78, 5) is 42.1. The molecule has 0 N–H and O–H groups in total. The number of rotatable bonds is 7. The third kappa shape index (κ3) is 5.21. The Morgan fingerprint density at radius 3 is 2.42 bits per heavy atom. The lowest BCUT2D eigenvalue weighted by molar-refractivity contribution is -0.188. The van der Waals surface area contributed by atoms with Crippen molar-refractivity contribution in [2.24, 2.45) is 5.92 Å². The first kappa shape index (κ1) is 26.4. The number of fused-ring (bicyclic) bond motifs is 1. The van der Waals surface area contributed by atoms with Crippen LogP contribution in [0, 0.1) is 5.92 Å². The second-order valence-corrected chi connectivity index (χ2v) is 11.4. The SMILES string of the molecule is CC(=O)Oc1cccc([C@@]23CCN(CC4CC4)C[C@@]2(OC(C)=O)CC[C@@H](N(C)C(=O)c2ccccc2)C3)c1. The lowest BCUT2D eigenvalue weighted by Gasteiger charge is -2.60. The molecule has 1 aliphatic heterocycles. The van der Waals surface area contributed by atoms with Gasteiger partial charge in [-0.05, 0) is 80.8 Å². The van der Waals surface area contributed by atoms with E-state index in [9.17, 15) is 14.4 Å². The van der Waals surface area contributed by atoms with Crippen LogP contribution in [-0.4, -0.2) is 66.0 Å². The number of hydrogen-bond acceptors (Lipinski definition) is 6. The van der Waals surface area contributed by atoms with Crippen LogP contribution in [0.2, 0.25) is 0 Å². The quantitative estimate of drug-likeness (QED) is 0.394. The summed E-state index contributed by atoms with van der Waals surface area (Å²) in [6, 6.07) is 17.0. The van der Waals surface area contributed by atoms with E-state index in [2.05, 4.69) is 11.0 Å². The van der Waals surface area contributed by atoms with Crippen LogP contribution in [0.25, 0.3) is 0 Å². The molecule has 2 aliphatic carbocycles. The molecule has 2 aromatic rings. The number of esters is 2. The summed E-state index contributed by atoms with van der Waals surface area (Å²) >= 11 is 0. The predicted molar refractivity (Wildman–Crippen MR) is 144 cm³/mol. The second kappa shape index (κ2) is 10.5. The predicted octanol–water partition coefficient (Wildman–Crippen LogP) is 4.59. The van der Waals surface area contributed by atoms with Gasteiger partial charge in [-0.1, -0.05) is 30.3 Å². The van der Waals surface area contributed by atoms with E-state index in [-0.39, 0.29) is 23.9 Å². The Morgan fingerprint density at radius 2 is 1.74 bits per heavy atom. The van der Waals surface area contributed by atoms with Gasteiger partial charge in [0.2, 0.25) is 0 Å². The van der Waals surface area contributed by atoms with Crippen molar-refractivity contribution in [1.29, 1.82) is 0 Å². The van der Waals surface area contributed by atoms with Gasteiger partial charge in [-0.2, -0.15) is 0 Å². The van der Waals surface area contributed by atoms with E-state index < -0.39 is 11.0 Å². The molecule has 3 aliphatic rings. The second-order valence-electron chi connectivity index (χ2n) is 11.4. The number of piperidine rings is 1. The first-order chi connectivity index (χ1) is 18.2. The highest BCUT2D eigenvalue weighted by molar-refractivity contribution is 5.94. The van der Waals surface area contributed by atoms with Crippen LogP contribution >= 0.6 is 0 Å². The molecule has 0 aromatic heterocycles. The largest absolute Gasteiger partial charge is 0.457 e. The molecular formula is C31H38N2O5. The summed E-state index contributed by atoms with van der Waals surface area (Å²) in [5.74, 6) is 0.545. The van der Waals surface area contributed by atoms with Gasteiger partial charge < -0.3 is 14.4 Å². The zero-order valence-electron chi connectivity index (χ0n) is 22.7. The number of amides is 1. The van der Waals surface area contributed by atoms with Gasteiger partial charge in [-0.15, -0.1) is 0 Å². The van der Waals surface area contributed by atoms with Crippen LogP contribution in [-0.2, 0) is 19.7 Å². The lowest BCUT2D eigenvalue weighted by atomic mass is 9.55. The number of nitrogens with zero attached hydrogens (tertiary/aromatic N) is 2. The third-order valence-electron chi connectivity index (χ3n) is 8.76. The van der Waals surface area contributed by atoms with E-state index >= 15 is 0 Å². The molecule has 2 aromatic carbocycles. The number of hydrogen-bond donors (Lipinski definition) is 0. The summed E-state index contributed by atoms with van der Waals surface area (Å²) in [5.41, 5.74) is 0.405. The molecule has 38 heavy (non-hydrogen) atoms. The molecule has 1 heterocycles. The lowest BCUT2D eigenvalue weighted by Crippen LogP contribution is -2.68. The van der Waals surface area contributed by atoms with Crippen LogP contribution in [0.4, 0.5) is 0 Å². The summed E-state index contributed by atoms with van der Waals surface area (Å²) in [6.07, 6.45) is 5.38. The Balaban J connectivity index is 1.54. The van der Waals surface area contributed by atoms with Crippen LogP contribution in [0.3, 0.4) is 0 Å². The Hall–Kier alpha value is -3.19. The number of carbonyl (C=O) groups excluding carboxylic acids is 3. The Labute approximate surface area is 225 Å². The number of carbonyl (C=O) groups is 3. The molecule has 5 rings (SSSR count). The minimum Gasteiger partial charge on any atom is -0.457 e. The van der Waals surface area contributed by atoms with Crippen LogP contribution in [0.15, 0.2) is 54.6 Å². The van der Waals surface area contributed by atoms with Crippen molar-refractivity contribution < 1.29 is 23.9 Å². The minimum atomic E-state index is -0.728. The summed E-state index contributed by atoms with van der Waals surface area (Å²) in [7, 11) is 1.88. The molecule has 202 valence electrons. The van der Waals surface area contributed by atoms with Crippen LogP contribution in [0.5, 0.6) is 5.75 Å². The fourth-order valence-corrected chi connectivity index (χ4v) is 6.79. The average Bonchev–Trinajstić information content (AvgIpc) is 3.71. The molecule has 1 saturated heterocycles. The molecule has 1 amide bonds. The summed E-state index contributed by atoms with van der Waals surface area (Å²) in [6.45, 7) is 5.48. The smallest absolute Gasteiger partial charge is 0.308 e. The number of ether oxygens (including phenoxy) is 2. The van der Waals surface area contributed by atoms with E-state index in [1.165, 1.54) is 26.7 Å². The Morgan fingerprint density at radius 1 is 0.974 bits per heavy atom. The molecule has 0 spiro atoms. The maximum absolute atomic E-state index is 13.4. The molecule has 0 unspecified atom stereocenters. The normalized spacial score (nSPS) is 27.2.